The van der Waals surface area contributed by atoms with Crippen molar-refractivity contribution in [3.05, 3.63) is 90.5 Å². The number of carbonyl (C=O) groups is 1. The van der Waals surface area contributed by atoms with Crippen molar-refractivity contribution in [2.75, 3.05) is 5.32 Å². The number of aromatic amines is 1. The van der Waals surface area contributed by atoms with Crippen LogP contribution in [0.3, 0.4) is 0 Å². The molecule has 6 nitrogen and oxygen atoms in total. The lowest BCUT2D eigenvalue weighted by Crippen LogP contribution is -2.12. The smallest absolute Gasteiger partial charge is 0.224 e. The Kier molecular flexibility index (Phi) is 5.44. The molecule has 2 heterocycles. The maximum Gasteiger partial charge on any atom is 0.224 e. The minimum Gasteiger partial charge on any atom is -0.354 e. The Bertz CT molecular complexity index is 1430. The van der Waals surface area contributed by atoms with Crippen molar-refractivity contribution in [2.24, 2.45) is 7.05 Å². The zero-order chi connectivity index (χ0) is 22.8. The van der Waals surface area contributed by atoms with Gasteiger partial charge in [-0.25, -0.2) is 4.39 Å². The fourth-order valence-corrected chi connectivity index (χ4v) is 4.07. The standard InChI is InChI=1S/C26H22FN5O/c1-32-16-28-31-26(32)18-5-4-6-20(15-18)29-24(33)14-13-22-21-7-2-3-8-23(21)30-25(22)17-9-11-19(27)12-10-17/h2-12,15-16,30H,13-14H2,1H3,(H,29,33). The summed E-state index contributed by atoms with van der Waals surface area (Å²) in [6.07, 6.45) is 2.50. The van der Waals surface area contributed by atoms with E-state index in [1.165, 1.54) is 12.1 Å². The molecule has 0 bridgehead atoms. The van der Waals surface area contributed by atoms with Crippen LogP contribution in [-0.4, -0.2) is 25.7 Å². The van der Waals surface area contributed by atoms with Gasteiger partial charge in [-0.2, -0.15) is 0 Å². The predicted octanol–water partition coefficient (Wildman–Crippen LogP) is 5.34. The van der Waals surface area contributed by atoms with E-state index in [4.69, 9.17) is 0 Å². The number of para-hydroxylation sites is 1. The van der Waals surface area contributed by atoms with E-state index in [1.54, 1.807) is 18.5 Å². The van der Waals surface area contributed by atoms with Crippen LogP contribution in [0.1, 0.15) is 12.0 Å². The number of nitrogens with one attached hydrogen (secondary N) is 2. The highest BCUT2D eigenvalue weighted by Crippen LogP contribution is 2.31. The first kappa shape index (κ1) is 20.6. The van der Waals surface area contributed by atoms with Gasteiger partial charge >= 0.3 is 0 Å². The Balaban J connectivity index is 1.36. The molecule has 0 spiro atoms. The van der Waals surface area contributed by atoms with Crippen molar-refractivity contribution in [1.29, 1.82) is 0 Å². The van der Waals surface area contributed by atoms with Crippen LogP contribution in [-0.2, 0) is 18.3 Å². The molecule has 164 valence electrons. The number of carbonyl (C=O) groups excluding carboxylic acids is 1. The number of benzene rings is 3. The van der Waals surface area contributed by atoms with Crippen LogP contribution < -0.4 is 5.32 Å². The quantitative estimate of drug-likeness (QED) is 0.375. The van der Waals surface area contributed by atoms with Crippen molar-refractivity contribution in [3.63, 3.8) is 0 Å². The van der Waals surface area contributed by atoms with Crippen molar-refractivity contribution in [3.8, 4) is 22.6 Å². The van der Waals surface area contributed by atoms with E-state index in [9.17, 15) is 9.18 Å². The highest BCUT2D eigenvalue weighted by Gasteiger charge is 2.15. The molecule has 0 saturated heterocycles. The summed E-state index contributed by atoms with van der Waals surface area (Å²) in [7, 11) is 1.88. The van der Waals surface area contributed by atoms with Gasteiger partial charge in [-0.1, -0.05) is 30.3 Å². The van der Waals surface area contributed by atoms with E-state index in [2.05, 4.69) is 20.5 Å². The average molecular weight is 439 g/mol. The first-order valence-corrected chi connectivity index (χ1v) is 10.7. The van der Waals surface area contributed by atoms with Crippen molar-refractivity contribution in [1.82, 2.24) is 19.7 Å². The highest BCUT2D eigenvalue weighted by atomic mass is 19.1. The summed E-state index contributed by atoms with van der Waals surface area (Å²) in [5.74, 6) is 0.369. The zero-order valence-electron chi connectivity index (χ0n) is 18.0. The second kappa shape index (κ2) is 8.70. The zero-order valence-corrected chi connectivity index (χ0v) is 18.0. The SMILES string of the molecule is Cn1cnnc1-c1cccc(NC(=O)CCc2c(-c3ccc(F)cc3)[nH]c3ccccc23)c1. The molecule has 3 aromatic carbocycles. The van der Waals surface area contributed by atoms with Gasteiger partial charge in [0.15, 0.2) is 5.82 Å². The maximum absolute atomic E-state index is 13.4. The summed E-state index contributed by atoms with van der Waals surface area (Å²) in [6, 6.07) is 21.9. The summed E-state index contributed by atoms with van der Waals surface area (Å²) < 4.78 is 15.3. The average Bonchev–Trinajstić information content (AvgIpc) is 3.42. The molecule has 1 amide bonds. The third-order valence-corrected chi connectivity index (χ3v) is 5.66. The molecule has 0 aliphatic heterocycles. The van der Waals surface area contributed by atoms with Crippen LogP contribution in [0.5, 0.6) is 0 Å². The molecule has 2 aromatic heterocycles. The van der Waals surface area contributed by atoms with E-state index in [0.717, 1.165) is 39.1 Å². The molecule has 0 unspecified atom stereocenters. The van der Waals surface area contributed by atoms with Gasteiger partial charge in [0.2, 0.25) is 5.91 Å². The van der Waals surface area contributed by atoms with E-state index in [0.29, 0.717) is 18.5 Å². The van der Waals surface area contributed by atoms with Crippen LogP contribution in [0, 0.1) is 5.82 Å². The number of aromatic nitrogens is 4. The van der Waals surface area contributed by atoms with Gasteiger partial charge in [-0.05, 0) is 60.0 Å². The number of amides is 1. The lowest BCUT2D eigenvalue weighted by Gasteiger charge is -2.09. The third kappa shape index (κ3) is 4.25. The first-order chi connectivity index (χ1) is 16.1. The van der Waals surface area contributed by atoms with Gasteiger partial charge < -0.3 is 14.9 Å². The molecule has 0 atom stereocenters. The van der Waals surface area contributed by atoms with Crippen LogP contribution in [0.2, 0.25) is 0 Å². The second-order valence-corrected chi connectivity index (χ2v) is 7.93. The molecule has 0 saturated carbocycles. The van der Waals surface area contributed by atoms with Crippen LogP contribution in [0.4, 0.5) is 10.1 Å². The first-order valence-electron chi connectivity index (χ1n) is 10.7. The van der Waals surface area contributed by atoms with Crippen LogP contribution >= 0.6 is 0 Å². The molecule has 2 N–H and O–H groups in total. The minimum absolute atomic E-state index is 0.0829. The number of rotatable bonds is 6. The third-order valence-electron chi connectivity index (χ3n) is 5.66. The molecule has 5 aromatic rings. The van der Waals surface area contributed by atoms with Gasteiger partial charge in [-0.15, -0.1) is 10.2 Å². The fraction of sp³-hybridized carbons (Fsp3) is 0.115. The number of aryl methyl sites for hydroxylation is 2. The summed E-state index contributed by atoms with van der Waals surface area (Å²) >= 11 is 0. The van der Waals surface area contributed by atoms with Crippen molar-refractivity contribution < 1.29 is 9.18 Å². The van der Waals surface area contributed by atoms with Gasteiger partial charge in [-0.3, -0.25) is 4.79 Å². The normalized spacial score (nSPS) is 11.1. The molecule has 0 aliphatic carbocycles. The number of halogens is 1. The molecule has 0 aliphatic rings. The van der Waals surface area contributed by atoms with E-state index >= 15 is 0 Å². The molecule has 33 heavy (non-hydrogen) atoms. The topological polar surface area (TPSA) is 75.6 Å². The molecule has 7 heteroatoms. The van der Waals surface area contributed by atoms with E-state index in [1.807, 2.05) is 60.1 Å². The number of hydrogen-bond acceptors (Lipinski definition) is 3. The Morgan fingerprint density at radius 3 is 2.64 bits per heavy atom. The maximum atomic E-state index is 13.4. The number of fused-ring (bicyclic) bond motifs is 1. The fourth-order valence-electron chi connectivity index (χ4n) is 4.07. The number of hydrogen-bond donors (Lipinski definition) is 2. The Hall–Kier alpha value is -4.26. The summed E-state index contributed by atoms with van der Waals surface area (Å²) in [5, 5.41) is 12.1. The van der Waals surface area contributed by atoms with Gasteiger partial charge in [0, 0.05) is 41.3 Å². The number of nitrogens with zero attached hydrogens (tertiary/aromatic N) is 3. The second-order valence-electron chi connectivity index (χ2n) is 7.93. The molecular weight excluding hydrogens is 417 g/mol. The molecule has 0 radical (unpaired) electrons. The van der Waals surface area contributed by atoms with Gasteiger partial charge in [0.05, 0.1) is 0 Å². The minimum atomic E-state index is -0.278. The van der Waals surface area contributed by atoms with E-state index < -0.39 is 0 Å². The molecule has 5 rings (SSSR count). The summed E-state index contributed by atoms with van der Waals surface area (Å²) in [4.78, 5) is 16.2. The van der Waals surface area contributed by atoms with Gasteiger partial charge in [0.1, 0.15) is 12.1 Å². The van der Waals surface area contributed by atoms with Crippen molar-refractivity contribution >= 4 is 22.5 Å². The summed E-state index contributed by atoms with van der Waals surface area (Å²) in [6.45, 7) is 0. The van der Waals surface area contributed by atoms with Crippen LogP contribution in [0.25, 0.3) is 33.5 Å². The Morgan fingerprint density at radius 2 is 1.85 bits per heavy atom. The predicted molar refractivity (Wildman–Crippen MR) is 127 cm³/mol. The lowest BCUT2D eigenvalue weighted by atomic mass is 10.0. The van der Waals surface area contributed by atoms with Gasteiger partial charge in [0.25, 0.3) is 0 Å². The largest absolute Gasteiger partial charge is 0.354 e. The Morgan fingerprint density at radius 1 is 1.03 bits per heavy atom. The lowest BCUT2D eigenvalue weighted by molar-refractivity contribution is -0.116. The molecule has 0 fully saturated rings. The van der Waals surface area contributed by atoms with Crippen LogP contribution in [0.15, 0.2) is 79.1 Å². The molecular formula is C26H22FN5O. The monoisotopic (exact) mass is 439 g/mol. The number of H-pyrrole nitrogens is 1. The van der Waals surface area contributed by atoms with Crippen molar-refractivity contribution in [2.45, 2.75) is 12.8 Å². The highest BCUT2D eigenvalue weighted by molar-refractivity contribution is 5.94. The Labute approximate surface area is 190 Å². The van der Waals surface area contributed by atoms with E-state index in [-0.39, 0.29) is 11.7 Å². The summed E-state index contributed by atoms with van der Waals surface area (Å²) in [5.41, 5.74) is 5.41. The number of anilines is 1.